The first-order chi connectivity index (χ1) is 8.21. The minimum atomic E-state index is -0.974. The highest BCUT2D eigenvalue weighted by atomic mass is 16.4. The van der Waals surface area contributed by atoms with Crippen LogP contribution in [-0.2, 0) is 4.79 Å². The SMILES string of the molecule is CC(C)c1nc(C(=O)NC(C)(C)CC(=O)O)n[nH]1. The Kier molecular flexibility index (Phi) is 4.05. The molecule has 0 spiro atoms. The lowest BCUT2D eigenvalue weighted by atomic mass is 10.0. The first-order valence-corrected chi connectivity index (χ1v) is 5.68. The zero-order valence-corrected chi connectivity index (χ0v) is 10.9. The molecule has 1 heterocycles. The van der Waals surface area contributed by atoms with Gasteiger partial charge in [-0.3, -0.25) is 14.7 Å². The average Bonchev–Trinajstić information content (AvgIpc) is 2.62. The fourth-order valence-corrected chi connectivity index (χ4v) is 1.42. The van der Waals surface area contributed by atoms with E-state index in [1.165, 1.54) is 0 Å². The van der Waals surface area contributed by atoms with Gasteiger partial charge >= 0.3 is 5.97 Å². The van der Waals surface area contributed by atoms with Gasteiger partial charge in [-0.15, -0.1) is 5.10 Å². The molecule has 0 radical (unpaired) electrons. The standard InChI is InChI=1S/C11H18N4O3/c1-6(2)8-12-9(15-14-8)10(18)13-11(3,4)5-7(16)17/h6H,5H2,1-4H3,(H,13,18)(H,16,17)(H,12,14,15). The number of hydrogen-bond acceptors (Lipinski definition) is 4. The van der Waals surface area contributed by atoms with Crippen LogP contribution in [0.1, 0.15) is 56.5 Å². The van der Waals surface area contributed by atoms with Crippen molar-refractivity contribution in [1.82, 2.24) is 20.5 Å². The normalized spacial score (nSPS) is 11.6. The van der Waals surface area contributed by atoms with Crippen LogP contribution >= 0.6 is 0 Å². The van der Waals surface area contributed by atoms with Crippen molar-refractivity contribution in [2.45, 2.75) is 45.6 Å². The van der Waals surface area contributed by atoms with E-state index >= 15 is 0 Å². The van der Waals surface area contributed by atoms with E-state index in [0.717, 1.165) is 0 Å². The summed E-state index contributed by atoms with van der Waals surface area (Å²) in [5.41, 5.74) is -0.846. The van der Waals surface area contributed by atoms with Gasteiger partial charge in [-0.1, -0.05) is 13.8 Å². The molecule has 1 aromatic rings. The molecule has 1 amide bonds. The Labute approximate surface area is 105 Å². The predicted molar refractivity (Wildman–Crippen MR) is 64.3 cm³/mol. The minimum Gasteiger partial charge on any atom is -0.481 e. The number of nitrogens with zero attached hydrogens (tertiary/aromatic N) is 2. The van der Waals surface area contributed by atoms with Crippen molar-refractivity contribution < 1.29 is 14.7 Å². The Bertz CT molecular complexity index is 451. The van der Waals surface area contributed by atoms with Crippen molar-refractivity contribution >= 4 is 11.9 Å². The second kappa shape index (κ2) is 5.16. The van der Waals surface area contributed by atoms with Crippen LogP contribution in [0.2, 0.25) is 0 Å². The van der Waals surface area contributed by atoms with Crippen LogP contribution in [0, 0.1) is 0 Å². The monoisotopic (exact) mass is 254 g/mol. The highest BCUT2D eigenvalue weighted by Crippen LogP contribution is 2.11. The van der Waals surface area contributed by atoms with Gasteiger partial charge in [0.2, 0.25) is 5.82 Å². The van der Waals surface area contributed by atoms with Crippen LogP contribution in [-0.4, -0.2) is 37.7 Å². The van der Waals surface area contributed by atoms with Gasteiger partial charge in [0.25, 0.3) is 5.91 Å². The van der Waals surface area contributed by atoms with E-state index in [2.05, 4.69) is 20.5 Å². The predicted octanol–water partition coefficient (Wildman–Crippen LogP) is 0.911. The molecular weight excluding hydrogens is 236 g/mol. The first-order valence-electron chi connectivity index (χ1n) is 5.68. The Morgan fingerprint density at radius 3 is 2.50 bits per heavy atom. The van der Waals surface area contributed by atoms with Crippen molar-refractivity contribution in [2.24, 2.45) is 0 Å². The molecule has 1 aromatic heterocycles. The van der Waals surface area contributed by atoms with Crippen LogP contribution in [0.5, 0.6) is 0 Å². The van der Waals surface area contributed by atoms with Crippen molar-refractivity contribution in [3.05, 3.63) is 11.6 Å². The van der Waals surface area contributed by atoms with E-state index in [0.29, 0.717) is 5.82 Å². The molecule has 0 aromatic carbocycles. The topological polar surface area (TPSA) is 108 Å². The number of carbonyl (C=O) groups is 2. The number of carbonyl (C=O) groups excluding carboxylic acids is 1. The van der Waals surface area contributed by atoms with Gasteiger partial charge in [0, 0.05) is 11.5 Å². The van der Waals surface area contributed by atoms with Gasteiger partial charge in [0.05, 0.1) is 6.42 Å². The van der Waals surface area contributed by atoms with Gasteiger partial charge in [0.1, 0.15) is 5.82 Å². The van der Waals surface area contributed by atoms with Gasteiger partial charge < -0.3 is 10.4 Å². The molecule has 0 unspecified atom stereocenters. The van der Waals surface area contributed by atoms with E-state index in [4.69, 9.17) is 5.11 Å². The molecule has 1 rings (SSSR count). The summed E-state index contributed by atoms with van der Waals surface area (Å²) >= 11 is 0. The van der Waals surface area contributed by atoms with Crippen LogP contribution in [0.4, 0.5) is 0 Å². The maximum Gasteiger partial charge on any atom is 0.305 e. The van der Waals surface area contributed by atoms with Crippen LogP contribution < -0.4 is 5.32 Å². The number of amides is 1. The van der Waals surface area contributed by atoms with Crippen molar-refractivity contribution in [2.75, 3.05) is 0 Å². The van der Waals surface area contributed by atoms with Gasteiger partial charge in [-0.25, -0.2) is 4.98 Å². The maximum atomic E-state index is 11.8. The molecule has 0 aliphatic heterocycles. The molecule has 7 heteroatoms. The van der Waals surface area contributed by atoms with E-state index in [1.54, 1.807) is 13.8 Å². The molecule has 0 aliphatic rings. The first kappa shape index (κ1) is 14.1. The van der Waals surface area contributed by atoms with Gasteiger partial charge in [-0.05, 0) is 13.8 Å². The number of rotatable bonds is 5. The number of nitrogens with one attached hydrogen (secondary N) is 2. The lowest BCUT2D eigenvalue weighted by Crippen LogP contribution is -2.45. The number of carboxylic acid groups (broad SMARTS) is 1. The summed E-state index contributed by atoms with van der Waals surface area (Å²) in [6.45, 7) is 7.12. The fraction of sp³-hybridized carbons (Fsp3) is 0.636. The van der Waals surface area contributed by atoms with Crippen LogP contribution in [0.25, 0.3) is 0 Å². The quantitative estimate of drug-likeness (QED) is 0.723. The number of carboxylic acids is 1. The summed E-state index contributed by atoms with van der Waals surface area (Å²) in [6.07, 6.45) is -0.166. The van der Waals surface area contributed by atoms with E-state index in [1.807, 2.05) is 13.8 Å². The molecule has 3 N–H and O–H groups in total. The summed E-state index contributed by atoms with van der Waals surface area (Å²) in [5.74, 6) is -0.665. The molecule has 100 valence electrons. The number of aromatic nitrogens is 3. The minimum absolute atomic E-state index is 0.0252. The lowest BCUT2D eigenvalue weighted by Gasteiger charge is -2.23. The van der Waals surface area contributed by atoms with E-state index in [9.17, 15) is 9.59 Å². The summed E-state index contributed by atoms with van der Waals surface area (Å²) in [7, 11) is 0. The Morgan fingerprint density at radius 1 is 1.44 bits per heavy atom. The average molecular weight is 254 g/mol. The van der Waals surface area contributed by atoms with Crippen molar-refractivity contribution in [3.8, 4) is 0 Å². The van der Waals surface area contributed by atoms with Gasteiger partial charge in [0.15, 0.2) is 0 Å². The molecule has 0 saturated heterocycles. The van der Waals surface area contributed by atoms with Crippen molar-refractivity contribution in [3.63, 3.8) is 0 Å². The molecule has 0 aliphatic carbocycles. The largest absolute Gasteiger partial charge is 0.481 e. The molecular formula is C11H18N4O3. The third-order valence-corrected chi connectivity index (χ3v) is 2.30. The number of aliphatic carboxylic acids is 1. The Hall–Kier alpha value is -1.92. The Morgan fingerprint density at radius 2 is 2.06 bits per heavy atom. The molecule has 18 heavy (non-hydrogen) atoms. The summed E-state index contributed by atoms with van der Waals surface area (Å²) in [4.78, 5) is 26.5. The molecule has 7 nitrogen and oxygen atoms in total. The highest BCUT2D eigenvalue weighted by molar-refractivity contribution is 5.91. The van der Waals surface area contributed by atoms with E-state index in [-0.39, 0.29) is 18.2 Å². The smallest absolute Gasteiger partial charge is 0.305 e. The fourth-order valence-electron chi connectivity index (χ4n) is 1.42. The third kappa shape index (κ3) is 3.83. The van der Waals surface area contributed by atoms with E-state index < -0.39 is 17.4 Å². The lowest BCUT2D eigenvalue weighted by molar-refractivity contribution is -0.138. The zero-order chi connectivity index (χ0) is 13.9. The molecule has 0 atom stereocenters. The Balaban J connectivity index is 2.72. The molecule has 0 bridgehead atoms. The molecule has 0 fully saturated rings. The highest BCUT2D eigenvalue weighted by Gasteiger charge is 2.26. The zero-order valence-electron chi connectivity index (χ0n) is 10.9. The van der Waals surface area contributed by atoms with Crippen LogP contribution in [0.3, 0.4) is 0 Å². The second-order valence-electron chi connectivity index (χ2n) is 5.11. The molecule has 0 saturated carbocycles. The number of aromatic amines is 1. The number of H-pyrrole nitrogens is 1. The summed E-state index contributed by atoms with van der Waals surface area (Å²) < 4.78 is 0. The summed E-state index contributed by atoms with van der Waals surface area (Å²) in [5, 5.41) is 17.8. The number of hydrogen-bond donors (Lipinski definition) is 3. The van der Waals surface area contributed by atoms with Crippen LogP contribution in [0.15, 0.2) is 0 Å². The third-order valence-electron chi connectivity index (χ3n) is 2.30. The van der Waals surface area contributed by atoms with Gasteiger partial charge in [-0.2, -0.15) is 0 Å². The summed E-state index contributed by atoms with van der Waals surface area (Å²) in [6, 6.07) is 0. The maximum absolute atomic E-state index is 11.8. The second-order valence-corrected chi connectivity index (χ2v) is 5.11. The van der Waals surface area contributed by atoms with Crippen molar-refractivity contribution in [1.29, 1.82) is 0 Å².